The van der Waals surface area contributed by atoms with E-state index in [4.69, 9.17) is 27.2 Å². The molecule has 1 fully saturated rings. The summed E-state index contributed by atoms with van der Waals surface area (Å²) in [4.78, 5) is 25.1. The van der Waals surface area contributed by atoms with Crippen molar-refractivity contribution in [3.8, 4) is 5.75 Å². The summed E-state index contributed by atoms with van der Waals surface area (Å²) in [5, 5.41) is 17.8. The van der Waals surface area contributed by atoms with Crippen LogP contribution in [0.25, 0.3) is 6.08 Å². The number of carboxylic acid groups (broad SMARTS) is 1. The summed E-state index contributed by atoms with van der Waals surface area (Å²) in [5.74, 6) is -0.830. The number of carbonyl (C=O) groups is 2. The van der Waals surface area contributed by atoms with E-state index in [2.05, 4.69) is 0 Å². The molecular weight excluding hydrogens is 350 g/mol. The van der Waals surface area contributed by atoms with Crippen LogP contribution in [0.5, 0.6) is 5.75 Å². The Kier molecular flexibility index (Phi) is 6.36. The molecule has 1 unspecified atom stereocenters. The standard InChI is InChI=1S/C16H17NO5S2/c1-10(15(20)21)22-12-5-2-4-11(8-12)9-13-14(19)17(6-3-7-18)16(23)24-13/h2,4-5,8-10,18H,3,6-7H2,1H3,(H,20,21)/b13-9-. The van der Waals surface area contributed by atoms with Crippen molar-refractivity contribution in [2.24, 2.45) is 0 Å². The number of ether oxygens (including phenoxy) is 1. The number of hydrogen-bond donors (Lipinski definition) is 2. The van der Waals surface area contributed by atoms with E-state index in [0.717, 1.165) is 0 Å². The summed E-state index contributed by atoms with van der Waals surface area (Å²) in [6.45, 7) is 1.83. The van der Waals surface area contributed by atoms with Gasteiger partial charge in [-0.3, -0.25) is 9.69 Å². The molecule has 128 valence electrons. The van der Waals surface area contributed by atoms with Crippen LogP contribution in [-0.2, 0) is 9.59 Å². The monoisotopic (exact) mass is 367 g/mol. The maximum Gasteiger partial charge on any atom is 0.344 e. The van der Waals surface area contributed by atoms with Crippen molar-refractivity contribution in [3.63, 3.8) is 0 Å². The van der Waals surface area contributed by atoms with Gasteiger partial charge in [0.2, 0.25) is 0 Å². The number of thiocarbonyl (C=S) groups is 1. The van der Waals surface area contributed by atoms with Crippen LogP contribution < -0.4 is 4.74 Å². The van der Waals surface area contributed by atoms with Crippen LogP contribution in [-0.4, -0.2) is 50.6 Å². The summed E-state index contributed by atoms with van der Waals surface area (Å²) >= 11 is 6.40. The molecule has 1 atom stereocenters. The quantitative estimate of drug-likeness (QED) is 0.564. The van der Waals surface area contributed by atoms with Crippen LogP contribution in [0.15, 0.2) is 29.2 Å². The Morgan fingerprint density at radius 3 is 2.92 bits per heavy atom. The van der Waals surface area contributed by atoms with E-state index in [1.165, 1.54) is 23.6 Å². The Hall–Kier alpha value is -1.90. The molecule has 1 aliphatic heterocycles. The zero-order valence-electron chi connectivity index (χ0n) is 13.0. The number of carbonyl (C=O) groups excluding carboxylic acids is 1. The highest BCUT2D eigenvalue weighted by Crippen LogP contribution is 2.33. The first-order chi connectivity index (χ1) is 11.4. The van der Waals surface area contributed by atoms with Gasteiger partial charge >= 0.3 is 5.97 Å². The summed E-state index contributed by atoms with van der Waals surface area (Å²) in [7, 11) is 0. The van der Waals surface area contributed by atoms with E-state index in [1.54, 1.807) is 30.3 Å². The van der Waals surface area contributed by atoms with Crippen LogP contribution in [0.1, 0.15) is 18.9 Å². The predicted molar refractivity (Wildman–Crippen MR) is 95.7 cm³/mol. The second-order valence-electron chi connectivity index (χ2n) is 5.08. The van der Waals surface area contributed by atoms with Crippen molar-refractivity contribution < 1.29 is 24.5 Å². The van der Waals surface area contributed by atoms with Crippen molar-refractivity contribution in [1.29, 1.82) is 0 Å². The number of nitrogens with zero attached hydrogens (tertiary/aromatic N) is 1. The summed E-state index contributed by atoms with van der Waals surface area (Å²) < 4.78 is 5.78. The largest absolute Gasteiger partial charge is 0.479 e. The maximum atomic E-state index is 12.3. The lowest BCUT2D eigenvalue weighted by molar-refractivity contribution is -0.144. The second-order valence-corrected chi connectivity index (χ2v) is 6.76. The molecule has 6 nitrogen and oxygen atoms in total. The molecule has 1 heterocycles. The molecule has 0 aromatic heterocycles. The lowest BCUT2D eigenvalue weighted by Gasteiger charge is -2.12. The zero-order valence-corrected chi connectivity index (χ0v) is 14.6. The number of aliphatic carboxylic acids is 1. The third-order valence-electron chi connectivity index (χ3n) is 3.23. The van der Waals surface area contributed by atoms with E-state index in [0.29, 0.717) is 33.5 Å². The van der Waals surface area contributed by atoms with Gasteiger partial charge in [-0.1, -0.05) is 36.1 Å². The van der Waals surface area contributed by atoms with Crippen molar-refractivity contribution in [2.45, 2.75) is 19.4 Å². The fourth-order valence-electron chi connectivity index (χ4n) is 2.01. The fourth-order valence-corrected chi connectivity index (χ4v) is 3.31. The molecular formula is C16H17NO5S2. The van der Waals surface area contributed by atoms with E-state index in [-0.39, 0.29) is 12.5 Å². The number of carboxylic acids is 1. The van der Waals surface area contributed by atoms with Crippen molar-refractivity contribution in [3.05, 3.63) is 34.7 Å². The molecule has 1 aromatic carbocycles. The number of amides is 1. The number of benzene rings is 1. The van der Waals surface area contributed by atoms with Crippen LogP contribution in [0.3, 0.4) is 0 Å². The Bertz CT molecular complexity index is 689. The average Bonchev–Trinajstić information content (AvgIpc) is 2.79. The molecule has 1 amide bonds. The van der Waals surface area contributed by atoms with Gasteiger partial charge in [0.25, 0.3) is 5.91 Å². The third kappa shape index (κ3) is 4.56. The maximum absolute atomic E-state index is 12.3. The fraction of sp³-hybridized carbons (Fsp3) is 0.312. The Balaban J connectivity index is 2.15. The molecule has 2 N–H and O–H groups in total. The Morgan fingerprint density at radius 2 is 2.25 bits per heavy atom. The van der Waals surface area contributed by atoms with Gasteiger partial charge in [0.1, 0.15) is 10.1 Å². The lowest BCUT2D eigenvalue weighted by atomic mass is 10.2. The SMILES string of the molecule is CC(Oc1cccc(/C=C2\SC(=S)N(CCCO)C2=O)c1)C(=O)O. The lowest BCUT2D eigenvalue weighted by Crippen LogP contribution is -2.29. The van der Waals surface area contributed by atoms with E-state index in [9.17, 15) is 9.59 Å². The first-order valence-corrected chi connectivity index (χ1v) is 8.50. The topological polar surface area (TPSA) is 87.1 Å². The first kappa shape index (κ1) is 18.4. The minimum absolute atomic E-state index is 0.00272. The highest BCUT2D eigenvalue weighted by Gasteiger charge is 2.31. The highest BCUT2D eigenvalue weighted by atomic mass is 32.2. The first-order valence-electron chi connectivity index (χ1n) is 7.28. The molecule has 0 radical (unpaired) electrons. The molecule has 1 aromatic rings. The average molecular weight is 367 g/mol. The van der Waals surface area contributed by atoms with Crippen molar-refractivity contribution in [2.75, 3.05) is 13.2 Å². The van der Waals surface area contributed by atoms with Crippen molar-refractivity contribution >= 4 is 46.3 Å². The smallest absolute Gasteiger partial charge is 0.344 e. The third-order valence-corrected chi connectivity index (χ3v) is 4.61. The molecule has 0 bridgehead atoms. The summed E-state index contributed by atoms with van der Waals surface area (Å²) in [6.07, 6.45) is 1.20. The predicted octanol–water partition coefficient (Wildman–Crippen LogP) is 2.12. The zero-order chi connectivity index (χ0) is 17.7. The summed E-state index contributed by atoms with van der Waals surface area (Å²) in [5.41, 5.74) is 0.716. The van der Waals surface area contributed by atoms with Gasteiger partial charge in [0, 0.05) is 13.2 Å². The molecule has 0 spiro atoms. The molecule has 0 aliphatic carbocycles. The van der Waals surface area contributed by atoms with Crippen molar-refractivity contribution in [1.82, 2.24) is 4.90 Å². The Morgan fingerprint density at radius 1 is 1.50 bits per heavy atom. The molecule has 1 saturated heterocycles. The molecule has 8 heteroatoms. The van der Waals surface area contributed by atoms with Gasteiger partial charge in [0.15, 0.2) is 6.10 Å². The van der Waals surface area contributed by atoms with Gasteiger partial charge in [-0.2, -0.15) is 0 Å². The van der Waals surface area contributed by atoms with E-state index in [1.807, 2.05) is 0 Å². The highest BCUT2D eigenvalue weighted by molar-refractivity contribution is 8.26. The minimum atomic E-state index is -1.05. The summed E-state index contributed by atoms with van der Waals surface area (Å²) in [6, 6.07) is 6.84. The number of thioether (sulfide) groups is 1. The number of aliphatic hydroxyl groups is 1. The van der Waals surface area contributed by atoms with Crippen LogP contribution in [0, 0.1) is 0 Å². The minimum Gasteiger partial charge on any atom is -0.479 e. The molecule has 0 saturated carbocycles. The van der Waals surface area contributed by atoms with Gasteiger partial charge in [-0.05, 0) is 37.1 Å². The van der Waals surface area contributed by atoms with Gasteiger partial charge < -0.3 is 14.9 Å². The number of rotatable bonds is 7. The number of aliphatic hydroxyl groups excluding tert-OH is 1. The van der Waals surface area contributed by atoms with Crippen LogP contribution in [0.4, 0.5) is 0 Å². The van der Waals surface area contributed by atoms with Gasteiger partial charge in [0.05, 0.1) is 4.91 Å². The second kappa shape index (κ2) is 8.27. The molecule has 24 heavy (non-hydrogen) atoms. The van der Waals surface area contributed by atoms with Gasteiger partial charge in [-0.15, -0.1) is 0 Å². The van der Waals surface area contributed by atoms with Crippen LogP contribution in [0.2, 0.25) is 0 Å². The Labute approximate surface area is 149 Å². The van der Waals surface area contributed by atoms with Crippen LogP contribution >= 0.6 is 24.0 Å². The van der Waals surface area contributed by atoms with E-state index < -0.39 is 12.1 Å². The molecule has 2 rings (SSSR count). The van der Waals surface area contributed by atoms with E-state index >= 15 is 0 Å². The van der Waals surface area contributed by atoms with Gasteiger partial charge in [-0.25, -0.2) is 4.79 Å². The normalized spacial score (nSPS) is 17.4. The molecule has 1 aliphatic rings. The number of hydrogen-bond acceptors (Lipinski definition) is 6.